The zero-order valence-corrected chi connectivity index (χ0v) is 22.1. The molecule has 220 valence electrons. The molecule has 5 atom stereocenters. The van der Waals surface area contributed by atoms with E-state index >= 15 is 0 Å². The molecule has 2 aliphatic rings. The molecule has 0 aromatic heterocycles. The topological polar surface area (TPSA) is 165 Å². The van der Waals surface area contributed by atoms with Gasteiger partial charge in [0.15, 0.2) is 6.29 Å². The molecule has 0 unspecified atom stereocenters. The summed E-state index contributed by atoms with van der Waals surface area (Å²) in [4.78, 5) is 11.8. The van der Waals surface area contributed by atoms with Crippen LogP contribution in [0.15, 0.2) is 23.8 Å². The quantitative estimate of drug-likeness (QED) is 0.110. The smallest absolute Gasteiger partial charge is 0.245 e. The van der Waals surface area contributed by atoms with Crippen molar-refractivity contribution in [2.24, 2.45) is 0 Å². The van der Waals surface area contributed by atoms with Crippen molar-refractivity contribution in [2.45, 2.75) is 62.8 Å². The lowest BCUT2D eigenvalue weighted by Crippen LogP contribution is -2.59. The van der Waals surface area contributed by atoms with E-state index in [1.807, 2.05) is 0 Å². The number of nitrogens with one attached hydrogen (secondary N) is 1. The van der Waals surface area contributed by atoms with E-state index in [1.54, 1.807) is 0 Å². The Morgan fingerprint density at radius 2 is 1.55 bits per heavy atom. The zero-order valence-electron chi connectivity index (χ0n) is 22.1. The average molecular weight is 548 g/mol. The molecule has 0 aromatic rings. The van der Waals surface area contributed by atoms with Gasteiger partial charge in [-0.3, -0.25) is 4.79 Å². The maximum absolute atomic E-state index is 11.8. The van der Waals surface area contributed by atoms with Gasteiger partial charge >= 0.3 is 0 Å². The predicted molar refractivity (Wildman–Crippen MR) is 136 cm³/mol. The summed E-state index contributed by atoms with van der Waals surface area (Å²) >= 11 is 0. The highest BCUT2D eigenvalue weighted by Gasteiger charge is 2.43. The van der Waals surface area contributed by atoms with Crippen molar-refractivity contribution in [3.8, 4) is 0 Å². The molecule has 0 saturated carbocycles. The molecule has 5 N–H and O–H groups in total. The van der Waals surface area contributed by atoms with Crippen molar-refractivity contribution in [3.63, 3.8) is 0 Å². The summed E-state index contributed by atoms with van der Waals surface area (Å²) < 4.78 is 32.4. The first-order chi connectivity index (χ1) is 18.5. The molecule has 1 amide bonds. The second kappa shape index (κ2) is 20.5. The minimum absolute atomic E-state index is 0.0373. The second-order valence-electron chi connectivity index (χ2n) is 9.08. The van der Waals surface area contributed by atoms with Gasteiger partial charge in [0, 0.05) is 13.2 Å². The van der Waals surface area contributed by atoms with Crippen LogP contribution in [0.1, 0.15) is 32.1 Å². The Bertz CT molecular complexity index is 688. The number of aliphatic hydroxyl groups excluding tert-OH is 4. The molecule has 0 bridgehead atoms. The summed E-state index contributed by atoms with van der Waals surface area (Å²) in [6.07, 6.45) is 4.11. The van der Waals surface area contributed by atoms with Crippen molar-refractivity contribution in [2.75, 3.05) is 72.6 Å². The lowest BCUT2D eigenvalue weighted by molar-refractivity contribution is -0.301. The summed E-state index contributed by atoms with van der Waals surface area (Å²) in [5.41, 5.74) is 1.40. The Balaban J connectivity index is 1.29. The molecule has 1 saturated heterocycles. The monoisotopic (exact) mass is 547 g/mol. The fraction of sp³-hybridized carbons (Fsp3) is 0.808. The lowest BCUT2D eigenvalue weighted by Gasteiger charge is -2.39. The second-order valence-corrected chi connectivity index (χ2v) is 9.08. The van der Waals surface area contributed by atoms with Gasteiger partial charge in [-0.25, -0.2) is 0 Å². The normalized spacial score (nSPS) is 25.1. The van der Waals surface area contributed by atoms with Crippen LogP contribution < -0.4 is 5.32 Å². The first-order valence-electron chi connectivity index (χ1n) is 13.4. The number of allylic oxidation sites excluding steroid dienone is 3. The van der Waals surface area contributed by atoms with Gasteiger partial charge in [0.2, 0.25) is 5.91 Å². The lowest BCUT2D eigenvalue weighted by atomic mass is 9.99. The molecule has 1 aliphatic heterocycles. The zero-order chi connectivity index (χ0) is 27.4. The van der Waals surface area contributed by atoms with Crippen LogP contribution in [0.2, 0.25) is 0 Å². The van der Waals surface area contributed by atoms with Crippen LogP contribution in [0.3, 0.4) is 0 Å². The molecule has 12 heteroatoms. The Hall–Kier alpha value is -1.45. The van der Waals surface area contributed by atoms with Gasteiger partial charge in [0.05, 0.1) is 52.9 Å². The van der Waals surface area contributed by atoms with Gasteiger partial charge in [-0.15, -0.1) is 0 Å². The fourth-order valence-electron chi connectivity index (χ4n) is 3.79. The Morgan fingerprint density at radius 1 is 0.868 bits per heavy atom. The fourth-order valence-corrected chi connectivity index (χ4v) is 3.79. The van der Waals surface area contributed by atoms with Crippen LogP contribution in [-0.4, -0.2) is 130 Å². The first-order valence-corrected chi connectivity index (χ1v) is 13.4. The highest BCUT2D eigenvalue weighted by Crippen LogP contribution is 2.22. The number of unbranched alkanes of at least 4 members (excludes halogenated alkanes) is 2. The largest absolute Gasteiger partial charge is 0.394 e. The SMILES string of the molecule is O=C(COCCOCCOCCOCCC1=CC=CC1)NCCCCCO[C@H]1O[C@H](CO)[C@@H](O)[C@H](O)[C@@H]1O. The van der Waals surface area contributed by atoms with Crippen molar-refractivity contribution in [1.29, 1.82) is 0 Å². The van der Waals surface area contributed by atoms with Crippen LogP contribution in [0, 0.1) is 0 Å². The van der Waals surface area contributed by atoms with Gasteiger partial charge in [-0.1, -0.05) is 23.8 Å². The Labute approximate surface area is 224 Å². The van der Waals surface area contributed by atoms with Crippen molar-refractivity contribution in [3.05, 3.63) is 23.8 Å². The van der Waals surface area contributed by atoms with E-state index in [-0.39, 0.29) is 19.1 Å². The third kappa shape index (κ3) is 13.6. The van der Waals surface area contributed by atoms with Crippen molar-refractivity contribution >= 4 is 5.91 Å². The van der Waals surface area contributed by atoms with Crippen LogP contribution in [0.25, 0.3) is 0 Å². The molecule has 1 aliphatic carbocycles. The first kappa shape index (κ1) is 32.8. The molecule has 12 nitrogen and oxygen atoms in total. The van der Waals surface area contributed by atoms with E-state index in [4.69, 9.17) is 28.4 Å². The number of hydrogen-bond acceptors (Lipinski definition) is 11. The summed E-state index contributed by atoms with van der Waals surface area (Å²) in [5.74, 6) is -0.202. The molecule has 1 fully saturated rings. The van der Waals surface area contributed by atoms with Crippen LogP contribution in [-0.2, 0) is 33.2 Å². The van der Waals surface area contributed by atoms with E-state index in [0.29, 0.717) is 59.2 Å². The summed E-state index contributed by atoms with van der Waals surface area (Å²) in [6, 6.07) is 0. The van der Waals surface area contributed by atoms with E-state index in [1.165, 1.54) is 5.57 Å². The average Bonchev–Trinajstić information content (AvgIpc) is 3.44. The Kier molecular flexibility index (Phi) is 17.6. The van der Waals surface area contributed by atoms with E-state index in [0.717, 1.165) is 25.7 Å². The van der Waals surface area contributed by atoms with Crippen LogP contribution >= 0.6 is 0 Å². The minimum Gasteiger partial charge on any atom is -0.394 e. The van der Waals surface area contributed by atoms with E-state index in [2.05, 4.69) is 23.5 Å². The molecule has 0 aromatic carbocycles. The molecule has 38 heavy (non-hydrogen) atoms. The molecular formula is C26H45NO11. The third-order valence-electron chi connectivity index (χ3n) is 6.04. The van der Waals surface area contributed by atoms with Gasteiger partial charge in [-0.05, 0) is 32.1 Å². The number of carbonyl (C=O) groups excluding carboxylic acids is 1. The van der Waals surface area contributed by atoms with Gasteiger partial charge in [0.1, 0.15) is 31.0 Å². The summed E-state index contributed by atoms with van der Waals surface area (Å²) in [5, 5.41) is 41.4. The van der Waals surface area contributed by atoms with Crippen LogP contribution in [0.4, 0.5) is 0 Å². The highest BCUT2D eigenvalue weighted by molar-refractivity contribution is 5.77. The number of hydrogen-bond donors (Lipinski definition) is 5. The molecule has 2 rings (SSSR count). The maximum atomic E-state index is 11.8. The summed E-state index contributed by atoms with van der Waals surface area (Å²) in [6.45, 7) is 3.65. The molecule has 0 radical (unpaired) electrons. The molecule has 1 heterocycles. The van der Waals surface area contributed by atoms with Gasteiger partial charge in [-0.2, -0.15) is 0 Å². The maximum Gasteiger partial charge on any atom is 0.245 e. The van der Waals surface area contributed by atoms with Gasteiger partial charge in [0.25, 0.3) is 0 Å². The Morgan fingerprint density at radius 3 is 2.21 bits per heavy atom. The number of carbonyl (C=O) groups is 1. The minimum atomic E-state index is -1.45. The molecule has 0 spiro atoms. The van der Waals surface area contributed by atoms with Crippen LogP contribution in [0.5, 0.6) is 0 Å². The van der Waals surface area contributed by atoms with Crippen molar-refractivity contribution in [1.82, 2.24) is 5.32 Å². The van der Waals surface area contributed by atoms with E-state index < -0.39 is 37.3 Å². The van der Waals surface area contributed by atoms with Crippen molar-refractivity contribution < 1.29 is 53.6 Å². The third-order valence-corrected chi connectivity index (χ3v) is 6.04. The summed E-state index contributed by atoms with van der Waals surface area (Å²) in [7, 11) is 0. The number of rotatable bonds is 22. The van der Waals surface area contributed by atoms with E-state index in [9.17, 15) is 25.2 Å². The highest BCUT2D eigenvalue weighted by atomic mass is 16.7. The predicted octanol–water partition coefficient (Wildman–Crippen LogP) is -0.568. The number of ether oxygens (including phenoxy) is 6. The standard InChI is InChI=1S/C26H45NO11/c28-18-21-23(30)24(31)25(32)26(38-21)37-10-5-1-4-9-27-22(29)19-36-17-16-35-15-14-34-13-12-33-11-8-20-6-2-3-7-20/h2-3,6,21,23-26,28,30-32H,1,4-5,7-19H2,(H,27,29)/t21-,23-,24+,25+,26+/m1/s1. The number of amides is 1. The number of aliphatic hydroxyl groups is 4. The van der Waals surface area contributed by atoms with Gasteiger partial charge < -0.3 is 54.2 Å². The molecular weight excluding hydrogens is 502 g/mol.